The SMILES string of the molecule is O=C(N/N=C\c1ccc(O)cc1O)c1ccc[n+](CCO)c1. The highest BCUT2D eigenvalue weighted by Gasteiger charge is 2.09. The van der Waals surface area contributed by atoms with Crippen molar-refractivity contribution in [1.82, 2.24) is 5.43 Å². The largest absolute Gasteiger partial charge is 0.508 e. The second-order valence-corrected chi connectivity index (χ2v) is 4.50. The summed E-state index contributed by atoms with van der Waals surface area (Å²) >= 11 is 0. The minimum atomic E-state index is -0.415. The molecule has 0 saturated heterocycles. The monoisotopic (exact) mass is 302 g/mol. The average Bonchev–Trinajstić information content (AvgIpc) is 2.50. The number of nitrogens with zero attached hydrogens (tertiary/aromatic N) is 2. The van der Waals surface area contributed by atoms with E-state index in [2.05, 4.69) is 10.5 Å². The van der Waals surface area contributed by atoms with E-state index in [1.807, 2.05) is 0 Å². The predicted octanol–water partition coefficient (Wildman–Crippen LogP) is 0.142. The molecule has 114 valence electrons. The van der Waals surface area contributed by atoms with Gasteiger partial charge in [-0.15, -0.1) is 0 Å². The molecule has 7 heteroatoms. The van der Waals surface area contributed by atoms with E-state index in [-0.39, 0.29) is 18.1 Å². The molecule has 1 aromatic heterocycles. The minimum absolute atomic E-state index is 0.0198. The first kappa shape index (κ1) is 15.5. The minimum Gasteiger partial charge on any atom is -0.508 e. The first-order valence-corrected chi connectivity index (χ1v) is 6.55. The van der Waals surface area contributed by atoms with Crippen LogP contribution in [0.15, 0.2) is 47.8 Å². The summed E-state index contributed by atoms with van der Waals surface area (Å²) in [6.45, 7) is 0.375. The van der Waals surface area contributed by atoms with E-state index < -0.39 is 5.91 Å². The molecule has 1 aromatic carbocycles. The van der Waals surface area contributed by atoms with E-state index in [0.717, 1.165) is 0 Å². The number of aromatic nitrogens is 1. The van der Waals surface area contributed by atoms with E-state index in [9.17, 15) is 15.0 Å². The third-order valence-electron chi connectivity index (χ3n) is 2.86. The summed E-state index contributed by atoms with van der Waals surface area (Å²) in [5.74, 6) is -0.614. The van der Waals surface area contributed by atoms with E-state index in [1.54, 1.807) is 29.1 Å². The van der Waals surface area contributed by atoms with Crippen molar-refractivity contribution >= 4 is 12.1 Å². The number of pyridine rings is 1. The normalized spacial score (nSPS) is 10.8. The molecule has 2 rings (SSSR count). The number of aliphatic hydroxyl groups excluding tert-OH is 1. The fraction of sp³-hybridized carbons (Fsp3) is 0.133. The second-order valence-electron chi connectivity index (χ2n) is 4.50. The fourth-order valence-corrected chi connectivity index (χ4v) is 1.78. The highest BCUT2D eigenvalue weighted by atomic mass is 16.3. The summed E-state index contributed by atoms with van der Waals surface area (Å²) in [5.41, 5.74) is 3.09. The molecule has 0 aliphatic carbocycles. The van der Waals surface area contributed by atoms with Crippen molar-refractivity contribution in [3.8, 4) is 11.5 Å². The number of hydrogen-bond acceptors (Lipinski definition) is 5. The zero-order valence-corrected chi connectivity index (χ0v) is 11.7. The molecule has 1 amide bonds. The lowest BCUT2D eigenvalue weighted by atomic mass is 10.2. The molecule has 7 nitrogen and oxygen atoms in total. The molecule has 0 spiro atoms. The third kappa shape index (κ3) is 4.03. The molecule has 0 fully saturated rings. The average molecular weight is 302 g/mol. The smallest absolute Gasteiger partial charge is 0.277 e. The highest BCUT2D eigenvalue weighted by Crippen LogP contribution is 2.20. The maximum absolute atomic E-state index is 11.9. The molecule has 0 aliphatic rings. The van der Waals surface area contributed by atoms with E-state index >= 15 is 0 Å². The molecule has 0 atom stereocenters. The van der Waals surface area contributed by atoms with Crippen LogP contribution in [-0.4, -0.2) is 34.0 Å². The van der Waals surface area contributed by atoms with Crippen LogP contribution in [0.4, 0.5) is 0 Å². The summed E-state index contributed by atoms with van der Waals surface area (Å²) in [6.07, 6.45) is 4.61. The van der Waals surface area contributed by atoms with Crippen LogP contribution < -0.4 is 9.99 Å². The Morgan fingerprint density at radius 3 is 2.86 bits per heavy atom. The highest BCUT2D eigenvalue weighted by molar-refractivity contribution is 5.94. The van der Waals surface area contributed by atoms with Crippen molar-refractivity contribution < 1.29 is 24.7 Å². The molecule has 2 aromatic rings. The summed E-state index contributed by atoms with van der Waals surface area (Å²) in [6, 6.07) is 7.37. The molecule has 0 bridgehead atoms. The molecule has 0 saturated carbocycles. The number of phenolic OH excluding ortho intramolecular Hbond substituents is 2. The van der Waals surface area contributed by atoms with Crippen molar-refractivity contribution in [2.24, 2.45) is 5.10 Å². The molecule has 0 unspecified atom stereocenters. The quantitative estimate of drug-likeness (QED) is 0.358. The third-order valence-corrected chi connectivity index (χ3v) is 2.86. The van der Waals surface area contributed by atoms with Crippen LogP contribution >= 0.6 is 0 Å². The second kappa shape index (κ2) is 7.19. The standard InChI is InChI=1S/C15H15N3O4/c19-7-6-18-5-1-2-12(10-18)15(22)17-16-9-11-3-4-13(20)8-14(11)21/h1-5,8-10,19H,6-7H2,(H2-,16,17,20,21,22)/p+1. The lowest BCUT2D eigenvalue weighted by molar-refractivity contribution is -0.698. The molecule has 4 N–H and O–H groups in total. The molecule has 0 aliphatic heterocycles. The van der Waals surface area contributed by atoms with Gasteiger partial charge in [-0.2, -0.15) is 5.10 Å². The lowest BCUT2D eigenvalue weighted by Gasteiger charge is -2.01. The van der Waals surface area contributed by atoms with Crippen LogP contribution in [0, 0.1) is 0 Å². The van der Waals surface area contributed by atoms with Crippen LogP contribution in [0.3, 0.4) is 0 Å². The van der Waals surface area contributed by atoms with Gasteiger partial charge in [-0.05, 0) is 18.2 Å². The Morgan fingerprint density at radius 1 is 1.32 bits per heavy atom. The number of benzene rings is 1. The van der Waals surface area contributed by atoms with Gasteiger partial charge in [-0.25, -0.2) is 9.99 Å². The van der Waals surface area contributed by atoms with E-state index in [4.69, 9.17) is 5.11 Å². The number of nitrogens with one attached hydrogen (secondary N) is 1. The predicted molar refractivity (Wildman–Crippen MR) is 78.6 cm³/mol. The van der Waals surface area contributed by atoms with Gasteiger partial charge in [-0.3, -0.25) is 4.79 Å². The Balaban J connectivity index is 2.03. The van der Waals surface area contributed by atoms with Gasteiger partial charge in [0, 0.05) is 17.7 Å². The van der Waals surface area contributed by atoms with Gasteiger partial charge in [0.1, 0.15) is 23.7 Å². The number of aromatic hydroxyl groups is 2. The Morgan fingerprint density at radius 2 is 2.14 bits per heavy atom. The zero-order valence-electron chi connectivity index (χ0n) is 11.7. The van der Waals surface area contributed by atoms with Crippen molar-refractivity contribution in [2.75, 3.05) is 6.61 Å². The maximum Gasteiger partial charge on any atom is 0.277 e. The first-order chi connectivity index (χ1) is 10.6. The maximum atomic E-state index is 11.9. The summed E-state index contributed by atoms with van der Waals surface area (Å²) in [7, 11) is 0. The van der Waals surface area contributed by atoms with Crippen LogP contribution in [0.5, 0.6) is 11.5 Å². The Hall–Kier alpha value is -2.93. The topological polar surface area (TPSA) is 106 Å². The molecule has 22 heavy (non-hydrogen) atoms. The molecule has 0 radical (unpaired) electrons. The number of rotatable bonds is 5. The van der Waals surface area contributed by atoms with Crippen LogP contribution in [-0.2, 0) is 6.54 Å². The number of amides is 1. The van der Waals surface area contributed by atoms with Gasteiger partial charge in [0.25, 0.3) is 5.91 Å². The number of carbonyl (C=O) groups excluding carboxylic acids is 1. The number of phenols is 2. The number of hydrazone groups is 1. The van der Waals surface area contributed by atoms with Crippen LogP contribution in [0.1, 0.15) is 15.9 Å². The number of aliphatic hydroxyl groups is 1. The summed E-state index contributed by atoms with van der Waals surface area (Å²) in [4.78, 5) is 11.9. The summed E-state index contributed by atoms with van der Waals surface area (Å²) in [5, 5.41) is 31.4. The van der Waals surface area contributed by atoms with E-state index in [1.165, 1.54) is 24.4 Å². The number of hydrogen-bond donors (Lipinski definition) is 4. The molecular formula is C15H16N3O4+. The fourth-order valence-electron chi connectivity index (χ4n) is 1.78. The van der Waals surface area contributed by atoms with Crippen LogP contribution in [0.25, 0.3) is 0 Å². The van der Waals surface area contributed by atoms with Gasteiger partial charge in [0.2, 0.25) is 0 Å². The van der Waals surface area contributed by atoms with Crippen LogP contribution in [0.2, 0.25) is 0 Å². The zero-order chi connectivity index (χ0) is 15.9. The van der Waals surface area contributed by atoms with Crippen molar-refractivity contribution in [1.29, 1.82) is 0 Å². The Bertz CT molecular complexity index is 701. The van der Waals surface area contributed by atoms with E-state index in [0.29, 0.717) is 17.7 Å². The Kier molecular flexibility index (Phi) is 5.05. The Labute approximate surface area is 126 Å². The van der Waals surface area contributed by atoms with Crippen molar-refractivity contribution in [3.05, 3.63) is 53.9 Å². The first-order valence-electron chi connectivity index (χ1n) is 6.55. The van der Waals surface area contributed by atoms with Gasteiger partial charge in [-0.1, -0.05) is 0 Å². The summed E-state index contributed by atoms with van der Waals surface area (Å²) < 4.78 is 1.68. The lowest BCUT2D eigenvalue weighted by Crippen LogP contribution is -2.36. The van der Waals surface area contributed by atoms with Gasteiger partial charge in [0.15, 0.2) is 18.9 Å². The van der Waals surface area contributed by atoms with Gasteiger partial charge >= 0.3 is 0 Å². The number of carbonyl (C=O) groups is 1. The van der Waals surface area contributed by atoms with Gasteiger partial charge in [0.05, 0.1) is 6.21 Å². The van der Waals surface area contributed by atoms with Crippen molar-refractivity contribution in [3.63, 3.8) is 0 Å². The molecule has 1 heterocycles. The molecular weight excluding hydrogens is 286 g/mol. The van der Waals surface area contributed by atoms with Crippen molar-refractivity contribution in [2.45, 2.75) is 6.54 Å². The van der Waals surface area contributed by atoms with Gasteiger partial charge < -0.3 is 15.3 Å².